The Bertz CT molecular complexity index is 1100. The van der Waals surface area contributed by atoms with Crippen LogP contribution in [0.5, 0.6) is 0 Å². The predicted octanol–water partition coefficient (Wildman–Crippen LogP) is 5.29. The number of ether oxygens (including phenoxy) is 2. The number of aliphatic hydroxyl groups excluding tert-OH is 2. The van der Waals surface area contributed by atoms with Crippen LogP contribution in [-0.4, -0.2) is 64.6 Å². The van der Waals surface area contributed by atoms with Gasteiger partial charge in [-0.1, -0.05) is 48.5 Å². The van der Waals surface area contributed by atoms with Gasteiger partial charge in [-0.2, -0.15) is 0 Å². The van der Waals surface area contributed by atoms with Crippen molar-refractivity contribution in [1.82, 2.24) is 5.32 Å². The maximum atomic E-state index is 12.6. The summed E-state index contributed by atoms with van der Waals surface area (Å²) in [4.78, 5) is 12.3. The van der Waals surface area contributed by atoms with Crippen LogP contribution in [0.1, 0.15) is 107 Å². The Kier molecular flexibility index (Phi) is 6.35. The highest BCUT2D eigenvalue weighted by molar-refractivity contribution is 5.67. The molecule has 4 N–H and O–H groups in total. The predicted molar refractivity (Wildman–Crippen MR) is 157 cm³/mol. The number of fused-ring (bicyclic) bond motifs is 4. The van der Waals surface area contributed by atoms with Crippen LogP contribution in [0.15, 0.2) is 0 Å². The number of carbonyl (C=O) groups is 1. The molecule has 14 atom stereocenters. The second-order valence-corrected chi connectivity index (χ2v) is 17.2. The molecule has 41 heavy (non-hydrogen) atoms. The summed E-state index contributed by atoms with van der Waals surface area (Å²) in [5.41, 5.74) is -1.66. The van der Waals surface area contributed by atoms with Crippen molar-refractivity contribution in [3.63, 3.8) is 0 Å². The highest BCUT2D eigenvalue weighted by atomic mass is 16.6. The van der Waals surface area contributed by atoms with Crippen molar-refractivity contribution in [1.29, 1.82) is 0 Å². The lowest BCUT2D eigenvalue weighted by molar-refractivity contribution is -0.231. The Morgan fingerprint density at radius 1 is 0.951 bits per heavy atom. The average molecular weight is 576 g/mol. The SMILES string of the molecule is CNC(=O)OC(C1CC(C)C2(C)C(O1)C(O)C1(C)C3CCC4C(C)(C)C(O)CCC45C(C)C35CCC21C)C(C)(C)O. The Labute approximate surface area is 247 Å². The fourth-order valence-corrected chi connectivity index (χ4v) is 13.4. The third-order valence-corrected chi connectivity index (χ3v) is 15.9. The van der Waals surface area contributed by atoms with Crippen LogP contribution in [-0.2, 0) is 9.47 Å². The second kappa shape index (κ2) is 8.63. The molecule has 0 radical (unpaired) electrons. The summed E-state index contributed by atoms with van der Waals surface area (Å²) in [7, 11) is 1.52. The monoisotopic (exact) mass is 575 g/mol. The summed E-state index contributed by atoms with van der Waals surface area (Å²) < 4.78 is 12.6. The minimum Gasteiger partial charge on any atom is -0.440 e. The van der Waals surface area contributed by atoms with E-state index in [1.165, 1.54) is 13.5 Å². The molecule has 1 amide bonds. The highest BCUT2D eigenvalue weighted by Crippen LogP contribution is 2.92. The van der Waals surface area contributed by atoms with Gasteiger partial charge in [-0.25, -0.2) is 4.79 Å². The van der Waals surface area contributed by atoms with E-state index in [0.717, 1.165) is 32.1 Å². The summed E-state index contributed by atoms with van der Waals surface area (Å²) in [6.07, 6.45) is 3.82. The number of hydrogen-bond acceptors (Lipinski definition) is 6. The first-order valence-corrected chi connectivity index (χ1v) is 16.5. The smallest absolute Gasteiger partial charge is 0.407 e. The highest BCUT2D eigenvalue weighted by Gasteiger charge is 2.89. The molecule has 1 aliphatic heterocycles. The molecule has 0 aromatic rings. The van der Waals surface area contributed by atoms with Gasteiger partial charge in [-0.15, -0.1) is 0 Å². The fourth-order valence-electron chi connectivity index (χ4n) is 13.4. The van der Waals surface area contributed by atoms with E-state index in [1.807, 2.05) is 0 Å². The maximum absolute atomic E-state index is 12.6. The molecule has 1 saturated heterocycles. The zero-order valence-electron chi connectivity index (χ0n) is 27.2. The van der Waals surface area contributed by atoms with Crippen molar-refractivity contribution in [3.05, 3.63) is 0 Å². The van der Waals surface area contributed by atoms with E-state index in [-0.39, 0.29) is 44.5 Å². The summed E-state index contributed by atoms with van der Waals surface area (Å²) >= 11 is 0. The Morgan fingerprint density at radius 3 is 2.17 bits per heavy atom. The largest absolute Gasteiger partial charge is 0.440 e. The normalized spacial score (nSPS) is 55.8. The molecule has 1 heterocycles. The fraction of sp³-hybridized carbons (Fsp3) is 0.971. The van der Waals surface area contributed by atoms with Gasteiger partial charge in [0.1, 0.15) is 0 Å². The van der Waals surface area contributed by atoms with Gasteiger partial charge in [0, 0.05) is 17.9 Å². The first-order chi connectivity index (χ1) is 18.8. The van der Waals surface area contributed by atoms with Crippen molar-refractivity contribution >= 4 is 6.09 Å². The van der Waals surface area contributed by atoms with Crippen molar-refractivity contribution in [2.24, 2.45) is 56.2 Å². The summed E-state index contributed by atoms with van der Waals surface area (Å²) in [5, 5.41) is 37.3. The molecule has 14 unspecified atom stereocenters. The quantitative estimate of drug-likeness (QED) is 0.364. The van der Waals surface area contributed by atoms with Crippen molar-refractivity contribution in [3.8, 4) is 0 Å². The van der Waals surface area contributed by atoms with Crippen molar-refractivity contribution < 1.29 is 29.6 Å². The zero-order chi connectivity index (χ0) is 30.3. The van der Waals surface area contributed by atoms with E-state index >= 15 is 0 Å². The lowest BCUT2D eigenvalue weighted by atomic mass is 9.39. The summed E-state index contributed by atoms with van der Waals surface area (Å²) in [6, 6.07) is 0. The Balaban J connectivity index is 1.39. The second-order valence-electron chi connectivity index (χ2n) is 17.2. The van der Waals surface area contributed by atoms with Crippen LogP contribution in [0.3, 0.4) is 0 Å². The Hall–Kier alpha value is -0.890. The van der Waals surface area contributed by atoms with Crippen LogP contribution in [0.25, 0.3) is 0 Å². The van der Waals surface area contributed by atoms with Gasteiger partial charge in [0.2, 0.25) is 0 Å². The molecule has 0 bridgehead atoms. The number of alkyl carbamates (subject to hydrolysis) is 1. The maximum Gasteiger partial charge on any atom is 0.407 e. The van der Waals surface area contributed by atoms with Crippen LogP contribution in [0, 0.1) is 56.2 Å². The first-order valence-electron chi connectivity index (χ1n) is 16.5. The standard InChI is InChI=1S/C34H57NO6/c1-18-17-20(25(29(5,6)39)41-27(38)35-10)40-26-24(37)32(9)22-12-11-21-28(3,4)23(36)13-14-33(21)19(2)34(22,33)16-15-30(32,7)31(18,26)8/h18-26,36-37,39H,11-17H2,1-10H3,(H,35,38). The van der Waals surface area contributed by atoms with E-state index in [2.05, 4.69) is 53.8 Å². The van der Waals surface area contributed by atoms with E-state index in [9.17, 15) is 20.1 Å². The molecule has 6 aliphatic rings. The zero-order valence-corrected chi connectivity index (χ0v) is 27.2. The van der Waals surface area contributed by atoms with Crippen molar-refractivity contribution in [2.45, 2.75) is 143 Å². The molecule has 0 aromatic heterocycles. The first kappa shape index (κ1) is 30.1. The lowest BCUT2D eigenvalue weighted by Gasteiger charge is -2.65. The summed E-state index contributed by atoms with van der Waals surface area (Å²) in [6.45, 7) is 19.9. The van der Waals surface area contributed by atoms with E-state index < -0.39 is 36.1 Å². The molecule has 7 heteroatoms. The van der Waals surface area contributed by atoms with Gasteiger partial charge >= 0.3 is 6.09 Å². The molecular weight excluding hydrogens is 518 g/mol. The number of aliphatic hydroxyl groups is 3. The molecule has 5 saturated carbocycles. The third kappa shape index (κ3) is 3.18. The number of carbonyl (C=O) groups excluding carboxylic acids is 1. The topological polar surface area (TPSA) is 108 Å². The molecule has 6 rings (SSSR count). The molecule has 2 spiro atoms. The number of rotatable bonds is 3. The number of hydrogen-bond donors (Lipinski definition) is 4. The van der Waals surface area contributed by atoms with Crippen LogP contribution in [0.4, 0.5) is 4.79 Å². The molecule has 5 aliphatic carbocycles. The van der Waals surface area contributed by atoms with E-state index in [4.69, 9.17) is 9.47 Å². The van der Waals surface area contributed by atoms with Gasteiger partial charge in [0.05, 0.1) is 30.0 Å². The molecule has 0 aromatic carbocycles. The Morgan fingerprint density at radius 2 is 1.56 bits per heavy atom. The molecular formula is C34H57NO6. The van der Waals surface area contributed by atoms with Crippen LogP contribution in [0.2, 0.25) is 0 Å². The van der Waals surface area contributed by atoms with Crippen LogP contribution < -0.4 is 5.32 Å². The lowest BCUT2D eigenvalue weighted by Crippen LogP contribution is -2.62. The number of nitrogens with one attached hydrogen (secondary N) is 1. The van der Waals surface area contributed by atoms with Crippen molar-refractivity contribution in [2.75, 3.05) is 7.05 Å². The van der Waals surface area contributed by atoms with Crippen LogP contribution >= 0.6 is 0 Å². The van der Waals surface area contributed by atoms with Gasteiger partial charge in [-0.3, -0.25) is 0 Å². The third-order valence-electron chi connectivity index (χ3n) is 15.9. The average Bonchev–Trinajstić information content (AvgIpc) is 3.39. The van der Waals surface area contributed by atoms with E-state index in [0.29, 0.717) is 24.2 Å². The van der Waals surface area contributed by atoms with Gasteiger partial charge in [0.25, 0.3) is 0 Å². The molecule has 7 nitrogen and oxygen atoms in total. The number of amides is 1. The molecule has 234 valence electrons. The van der Waals surface area contributed by atoms with Gasteiger partial charge < -0.3 is 30.1 Å². The van der Waals surface area contributed by atoms with E-state index in [1.54, 1.807) is 13.8 Å². The summed E-state index contributed by atoms with van der Waals surface area (Å²) in [5.74, 6) is 1.70. The van der Waals surface area contributed by atoms with Gasteiger partial charge in [-0.05, 0) is 104 Å². The minimum atomic E-state index is -1.30. The molecule has 6 fully saturated rings. The minimum absolute atomic E-state index is 0.0847. The van der Waals surface area contributed by atoms with Gasteiger partial charge in [0.15, 0.2) is 6.10 Å².